The number of nitrogens with one attached hydrogen (secondary N) is 1. The third-order valence-electron chi connectivity index (χ3n) is 5.25. The predicted molar refractivity (Wildman–Crippen MR) is 134 cm³/mol. The van der Waals surface area contributed by atoms with Gasteiger partial charge in [0.15, 0.2) is 6.61 Å². The Labute approximate surface area is 204 Å². The second kappa shape index (κ2) is 11.4. The van der Waals surface area contributed by atoms with E-state index in [2.05, 4.69) is 5.32 Å². The summed E-state index contributed by atoms with van der Waals surface area (Å²) in [6, 6.07) is 18.0. The molecular weight excluding hydrogens is 459 g/mol. The first-order chi connectivity index (χ1) is 15.8. The van der Waals surface area contributed by atoms with Crippen molar-refractivity contribution in [1.82, 2.24) is 10.2 Å². The molecule has 3 rings (SSSR count). The molecule has 0 bridgehead atoms. The van der Waals surface area contributed by atoms with Crippen LogP contribution in [0, 0.1) is 0 Å². The second-order valence-electron chi connectivity index (χ2n) is 8.12. The Kier molecular flexibility index (Phi) is 8.59. The lowest BCUT2D eigenvalue weighted by atomic mass is 10.1. The van der Waals surface area contributed by atoms with E-state index < -0.39 is 6.04 Å². The van der Waals surface area contributed by atoms with Gasteiger partial charge in [-0.3, -0.25) is 9.59 Å². The maximum Gasteiger partial charge on any atom is 0.261 e. The van der Waals surface area contributed by atoms with Gasteiger partial charge in [0.1, 0.15) is 11.8 Å². The molecule has 0 aliphatic rings. The van der Waals surface area contributed by atoms with Gasteiger partial charge in [0.25, 0.3) is 5.91 Å². The first kappa shape index (κ1) is 24.9. The number of amides is 2. The molecule has 0 spiro atoms. The summed E-state index contributed by atoms with van der Waals surface area (Å²) in [5.41, 5.74) is 0.777. The van der Waals surface area contributed by atoms with E-state index in [0.29, 0.717) is 22.2 Å². The summed E-state index contributed by atoms with van der Waals surface area (Å²) in [7, 11) is 0. The molecule has 0 heterocycles. The van der Waals surface area contributed by atoms with Gasteiger partial charge >= 0.3 is 0 Å². The number of carbonyl (C=O) groups is 2. The van der Waals surface area contributed by atoms with Gasteiger partial charge in [-0.25, -0.2) is 0 Å². The van der Waals surface area contributed by atoms with Gasteiger partial charge in [-0.05, 0) is 49.4 Å². The summed E-state index contributed by atoms with van der Waals surface area (Å²) in [6.07, 6.45) is 0.458. The summed E-state index contributed by atoms with van der Waals surface area (Å²) in [5, 5.41) is 5.69. The van der Waals surface area contributed by atoms with Crippen LogP contribution in [-0.2, 0) is 16.1 Å². The zero-order valence-corrected chi connectivity index (χ0v) is 20.5. The number of hydrogen-bond donors (Lipinski definition) is 1. The molecular formula is C26H28Cl2N2O3. The third kappa shape index (κ3) is 6.40. The van der Waals surface area contributed by atoms with Crippen LogP contribution in [0.3, 0.4) is 0 Å². The lowest BCUT2D eigenvalue weighted by Gasteiger charge is -2.31. The molecule has 3 aromatic carbocycles. The number of rotatable bonds is 9. The topological polar surface area (TPSA) is 58.6 Å². The van der Waals surface area contributed by atoms with Crippen LogP contribution in [0.15, 0.2) is 60.7 Å². The van der Waals surface area contributed by atoms with Gasteiger partial charge in [0.2, 0.25) is 5.91 Å². The highest BCUT2D eigenvalue weighted by Crippen LogP contribution is 2.26. The smallest absolute Gasteiger partial charge is 0.261 e. The van der Waals surface area contributed by atoms with Gasteiger partial charge in [-0.15, -0.1) is 0 Å². The Bertz CT molecular complexity index is 1130. The van der Waals surface area contributed by atoms with Crippen LogP contribution in [-0.4, -0.2) is 35.4 Å². The minimum atomic E-state index is -0.648. The van der Waals surface area contributed by atoms with Crippen molar-refractivity contribution in [2.45, 2.75) is 45.8 Å². The molecule has 7 heteroatoms. The van der Waals surface area contributed by atoms with E-state index in [4.69, 9.17) is 27.9 Å². The van der Waals surface area contributed by atoms with Crippen LogP contribution in [0.2, 0.25) is 10.0 Å². The highest BCUT2D eigenvalue weighted by molar-refractivity contribution is 6.42. The van der Waals surface area contributed by atoms with E-state index in [0.717, 1.165) is 16.3 Å². The highest BCUT2D eigenvalue weighted by Gasteiger charge is 2.29. The Morgan fingerprint density at radius 3 is 2.42 bits per heavy atom. The molecule has 3 aromatic rings. The standard InChI is InChI=1S/C26H28Cl2N2O3/c1-4-23(26(32)29-17(2)3)30(15-18-12-13-21(27)22(28)14-18)25(31)16-33-24-11-7-9-19-8-5-6-10-20(19)24/h5-14,17,23H,4,15-16H2,1-3H3,(H,29,32). The number of halogens is 2. The summed E-state index contributed by atoms with van der Waals surface area (Å²) in [6.45, 7) is 5.67. The zero-order chi connectivity index (χ0) is 24.0. The molecule has 0 radical (unpaired) electrons. The minimum absolute atomic E-state index is 0.0413. The summed E-state index contributed by atoms with van der Waals surface area (Å²) >= 11 is 12.2. The van der Waals surface area contributed by atoms with E-state index in [1.807, 2.05) is 63.2 Å². The summed E-state index contributed by atoms with van der Waals surface area (Å²) in [4.78, 5) is 27.8. The highest BCUT2D eigenvalue weighted by atomic mass is 35.5. The van der Waals surface area contributed by atoms with Crippen LogP contribution in [0.1, 0.15) is 32.8 Å². The fraction of sp³-hybridized carbons (Fsp3) is 0.308. The average Bonchev–Trinajstić information content (AvgIpc) is 2.79. The summed E-state index contributed by atoms with van der Waals surface area (Å²) in [5.74, 6) is 0.126. The first-order valence-corrected chi connectivity index (χ1v) is 11.7. The van der Waals surface area contributed by atoms with Crippen molar-refractivity contribution >= 4 is 45.8 Å². The Hall–Kier alpha value is -2.76. The molecule has 5 nitrogen and oxygen atoms in total. The van der Waals surface area contributed by atoms with Crippen molar-refractivity contribution < 1.29 is 14.3 Å². The molecule has 174 valence electrons. The molecule has 1 atom stereocenters. The fourth-order valence-corrected chi connectivity index (χ4v) is 4.00. The van der Waals surface area contributed by atoms with Crippen molar-refractivity contribution in [2.24, 2.45) is 0 Å². The molecule has 0 aliphatic carbocycles. The number of nitrogens with zero attached hydrogens (tertiary/aromatic N) is 1. The van der Waals surface area contributed by atoms with Crippen molar-refractivity contribution in [3.63, 3.8) is 0 Å². The SMILES string of the molecule is CCC(C(=O)NC(C)C)N(Cc1ccc(Cl)c(Cl)c1)C(=O)COc1cccc2ccccc12. The van der Waals surface area contributed by atoms with E-state index in [1.165, 1.54) is 0 Å². The summed E-state index contributed by atoms with van der Waals surface area (Å²) < 4.78 is 5.93. The number of ether oxygens (including phenoxy) is 1. The molecule has 0 aromatic heterocycles. The molecule has 0 aliphatic heterocycles. The van der Waals surface area contributed by atoms with E-state index in [1.54, 1.807) is 23.1 Å². The fourth-order valence-electron chi connectivity index (χ4n) is 3.68. The molecule has 1 unspecified atom stereocenters. The van der Waals surface area contributed by atoms with Crippen molar-refractivity contribution in [3.8, 4) is 5.75 Å². The molecule has 0 saturated heterocycles. The van der Waals surface area contributed by atoms with Crippen LogP contribution < -0.4 is 10.1 Å². The quantitative estimate of drug-likeness (QED) is 0.412. The lowest BCUT2D eigenvalue weighted by molar-refractivity contribution is -0.143. The molecule has 33 heavy (non-hydrogen) atoms. The maximum absolute atomic E-state index is 13.4. The van der Waals surface area contributed by atoms with Crippen molar-refractivity contribution in [2.75, 3.05) is 6.61 Å². The van der Waals surface area contributed by atoms with E-state index in [-0.39, 0.29) is 31.0 Å². The molecule has 0 saturated carbocycles. The second-order valence-corrected chi connectivity index (χ2v) is 8.94. The Morgan fingerprint density at radius 2 is 1.73 bits per heavy atom. The van der Waals surface area contributed by atoms with E-state index >= 15 is 0 Å². The zero-order valence-electron chi connectivity index (χ0n) is 19.0. The van der Waals surface area contributed by atoms with Crippen LogP contribution in [0.4, 0.5) is 0 Å². The Balaban J connectivity index is 1.85. The molecule has 0 fully saturated rings. The minimum Gasteiger partial charge on any atom is -0.483 e. The number of hydrogen-bond acceptors (Lipinski definition) is 3. The predicted octanol–water partition coefficient (Wildman–Crippen LogP) is 5.86. The Morgan fingerprint density at radius 1 is 1.00 bits per heavy atom. The van der Waals surface area contributed by atoms with Crippen LogP contribution >= 0.6 is 23.2 Å². The largest absolute Gasteiger partial charge is 0.483 e. The third-order valence-corrected chi connectivity index (χ3v) is 5.99. The van der Waals surface area contributed by atoms with Crippen molar-refractivity contribution in [3.05, 3.63) is 76.3 Å². The van der Waals surface area contributed by atoms with Crippen LogP contribution in [0.5, 0.6) is 5.75 Å². The number of benzene rings is 3. The van der Waals surface area contributed by atoms with Gasteiger partial charge in [0.05, 0.1) is 10.0 Å². The van der Waals surface area contributed by atoms with Crippen LogP contribution in [0.25, 0.3) is 10.8 Å². The molecule has 2 amide bonds. The number of carbonyl (C=O) groups excluding carboxylic acids is 2. The average molecular weight is 487 g/mol. The monoisotopic (exact) mass is 486 g/mol. The van der Waals surface area contributed by atoms with Gasteiger partial charge in [-0.1, -0.05) is 72.6 Å². The maximum atomic E-state index is 13.4. The normalized spacial score (nSPS) is 11.9. The number of fused-ring (bicyclic) bond motifs is 1. The van der Waals surface area contributed by atoms with Gasteiger partial charge in [0, 0.05) is 18.0 Å². The lowest BCUT2D eigenvalue weighted by Crippen LogP contribution is -2.51. The molecule has 1 N–H and O–H groups in total. The van der Waals surface area contributed by atoms with Gasteiger partial charge in [-0.2, -0.15) is 0 Å². The first-order valence-electron chi connectivity index (χ1n) is 10.9. The van der Waals surface area contributed by atoms with Crippen molar-refractivity contribution in [1.29, 1.82) is 0 Å². The van der Waals surface area contributed by atoms with E-state index in [9.17, 15) is 9.59 Å². The van der Waals surface area contributed by atoms with Gasteiger partial charge < -0.3 is 15.0 Å².